The molecule has 1 rings (SSSR count). The Morgan fingerprint density at radius 2 is 2.14 bits per heavy atom. The van der Waals surface area contributed by atoms with Gasteiger partial charge in [0.2, 0.25) is 5.95 Å². The second kappa shape index (κ2) is 6.71. The van der Waals surface area contributed by atoms with Crippen LogP contribution in [-0.2, 0) is 7.05 Å². The summed E-state index contributed by atoms with van der Waals surface area (Å²) in [6, 6.07) is 0. The van der Waals surface area contributed by atoms with E-state index >= 15 is 0 Å². The second-order valence-electron chi connectivity index (χ2n) is 3.39. The molecule has 0 unspecified atom stereocenters. The fourth-order valence-corrected chi connectivity index (χ4v) is 1.50. The van der Waals surface area contributed by atoms with Gasteiger partial charge in [0.05, 0.1) is 0 Å². The summed E-state index contributed by atoms with van der Waals surface area (Å²) in [4.78, 5) is 4.18. The number of alkyl halides is 1. The van der Waals surface area contributed by atoms with Crippen LogP contribution in [0.15, 0.2) is 12.4 Å². The summed E-state index contributed by atoms with van der Waals surface area (Å²) in [5.41, 5.74) is 0. The largest absolute Gasteiger partial charge is 0.356 e. The van der Waals surface area contributed by atoms with Gasteiger partial charge in [0.1, 0.15) is 0 Å². The van der Waals surface area contributed by atoms with Crippen molar-refractivity contribution in [1.29, 1.82) is 0 Å². The molecule has 1 heterocycles. The summed E-state index contributed by atoms with van der Waals surface area (Å²) in [7, 11) is 1.99. The van der Waals surface area contributed by atoms with Gasteiger partial charge < -0.3 is 9.88 Å². The van der Waals surface area contributed by atoms with Gasteiger partial charge in [-0.25, -0.2) is 4.98 Å². The minimum atomic E-state index is 0.785. The smallest absolute Gasteiger partial charge is 0.202 e. The van der Waals surface area contributed by atoms with Crippen molar-refractivity contribution in [2.45, 2.75) is 25.7 Å². The topological polar surface area (TPSA) is 29.9 Å². The average Bonchev–Trinajstić information content (AvgIpc) is 2.58. The highest BCUT2D eigenvalue weighted by Gasteiger charge is 1.96. The van der Waals surface area contributed by atoms with Crippen LogP contribution in [0.1, 0.15) is 25.7 Å². The molecule has 0 aliphatic rings. The molecule has 80 valence electrons. The molecule has 3 nitrogen and oxygen atoms in total. The van der Waals surface area contributed by atoms with E-state index in [0.717, 1.165) is 24.8 Å². The van der Waals surface area contributed by atoms with Crippen LogP contribution < -0.4 is 5.32 Å². The number of hydrogen-bond donors (Lipinski definition) is 1. The fourth-order valence-electron chi connectivity index (χ4n) is 1.31. The molecule has 0 aliphatic heterocycles. The van der Waals surface area contributed by atoms with E-state index in [2.05, 4.69) is 10.3 Å². The zero-order valence-electron chi connectivity index (χ0n) is 8.67. The van der Waals surface area contributed by atoms with E-state index in [0.29, 0.717) is 0 Å². The Bertz CT molecular complexity index is 247. The number of imidazole rings is 1. The minimum absolute atomic E-state index is 0.785. The monoisotopic (exact) mass is 215 g/mol. The number of nitrogens with zero attached hydrogens (tertiary/aromatic N) is 2. The van der Waals surface area contributed by atoms with Gasteiger partial charge in [-0.1, -0.05) is 12.8 Å². The molecule has 4 heteroatoms. The molecule has 0 amide bonds. The number of aromatic nitrogens is 2. The zero-order chi connectivity index (χ0) is 10.2. The molecule has 0 atom stereocenters. The molecule has 1 N–H and O–H groups in total. The van der Waals surface area contributed by atoms with Crippen molar-refractivity contribution >= 4 is 17.5 Å². The van der Waals surface area contributed by atoms with Crippen LogP contribution in [0.3, 0.4) is 0 Å². The van der Waals surface area contributed by atoms with E-state index in [9.17, 15) is 0 Å². The van der Waals surface area contributed by atoms with Crippen LogP contribution in [0.2, 0.25) is 0 Å². The van der Waals surface area contributed by atoms with Crippen LogP contribution in [0, 0.1) is 0 Å². The standard InChI is InChI=1S/C10H18ClN3/c1-14-9-8-13-10(14)12-7-5-3-2-4-6-11/h8-9H,2-7H2,1H3,(H,12,13). The summed E-state index contributed by atoms with van der Waals surface area (Å²) in [5, 5.41) is 3.29. The van der Waals surface area contributed by atoms with Crippen molar-refractivity contribution in [2.24, 2.45) is 7.05 Å². The van der Waals surface area contributed by atoms with Crippen molar-refractivity contribution in [1.82, 2.24) is 9.55 Å². The van der Waals surface area contributed by atoms with Crippen LogP contribution in [0.4, 0.5) is 5.95 Å². The Hall–Kier alpha value is -0.700. The molecule has 1 aromatic rings. The molecule has 0 aliphatic carbocycles. The van der Waals surface area contributed by atoms with Crippen molar-refractivity contribution in [2.75, 3.05) is 17.7 Å². The van der Waals surface area contributed by atoms with E-state index < -0.39 is 0 Å². The number of unbranched alkanes of at least 4 members (excludes halogenated alkanes) is 3. The van der Waals surface area contributed by atoms with E-state index in [-0.39, 0.29) is 0 Å². The highest BCUT2D eigenvalue weighted by atomic mass is 35.5. The summed E-state index contributed by atoms with van der Waals surface area (Å²) in [5.74, 6) is 1.73. The molecule has 0 spiro atoms. The van der Waals surface area contributed by atoms with Gasteiger partial charge in [0.15, 0.2) is 0 Å². The van der Waals surface area contributed by atoms with E-state index in [1.807, 2.05) is 17.8 Å². The predicted octanol–water partition coefficient (Wildman–Crippen LogP) is 2.63. The van der Waals surface area contributed by atoms with Gasteiger partial charge in [0.25, 0.3) is 0 Å². The summed E-state index contributed by atoms with van der Waals surface area (Å²) < 4.78 is 1.98. The van der Waals surface area contributed by atoms with Crippen molar-refractivity contribution < 1.29 is 0 Å². The molecule has 0 fully saturated rings. The molecule has 1 aromatic heterocycles. The lowest BCUT2D eigenvalue weighted by Crippen LogP contribution is -2.06. The van der Waals surface area contributed by atoms with Gasteiger partial charge in [-0.05, 0) is 12.8 Å². The normalized spacial score (nSPS) is 10.4. The first kappa shape index (κ1) is 11.4. The highest BCUT2D eigenvalue weighted by molar-refractivity contribution is 6.17. The lowest BCUT2D eigenvalue weighted by atomic mass is 10.2. The third kappa shape index (κ3) is 4.01. The number of anilines is 1. The number of halogens is 1. The second-order valence-corrected chi connectivity index (χ2v) is 3.77. The van der Waals surface area contributed by atoms with E-state index in [1.54, 1.807) is 6.20 Å². The molecule has 0 radical (unpaired) electrons. The SMILES string of the molecule is Cn1ccnc1NCCCCCCCl. The van der Waals surface area contributed by atoms with Crippen LogP contribution in [-0.4, -0.2) is 22.0 Å². The summed E-state index contributed by atoms with van der Waals surface area (Å²) in [6.45, 7) is 0.993. The summed E-state index contributed by atoms with van der Waals surface area (Å²) >= 11 is 5.59. The Labute approximate surface area is 90.5 Å². The Morgan fingerprint density at radius 3 is 2.79 bits per heavy atom. The van der Waals surface area contributed by atoms with Gasteiger partial charge in [-0.2, -0.15) is 0 Å². The minimum Gasteiger partial charge on any atom is -0.356 e. The lowest BCUT2D eigenvalue weighted by molar-refractivity contribution is 0.684. The molecule has 0 aromatic carbocycles. The third-order valence-electron chi connectivity index (χ3n) is 2.16. The summed E-state index contributed by atoms with van der Waals surface area (Å²) in [6.07, 6.45) is 8.52. The first-order valence-electron chi connectivity index (χ1n) is 5.11. The predicted molar refractivity (Wildman–Crippen MR) is 60.9 cm³/mol. The molecule has 0 saturated heterocycles. The first-order chi connectivity index (χ1) is 6.84. The maximum Gasteiger partial charge on any atom is 0.202 e. The average molecular weight is 216 g/mol. The molecular formula is C10H18ClN3. The van der Waals surface area contributed by atoms with Gasteiger partial charge in [-0.15, -0.1) is 11.6 Å². The Balaban J connectivity index is 2.02. The van der Waals surface area contributed by atoms with E-state index in [1.165, 1.54) is 19.3 Å². The van der Waals surface area contributed by atoms with Crippen LogP contribution in [0.5, 0.6) is 0 Å². The highest BCUT2D eigenvalue weighted by Crippen LogP contribution is 2.04. The maximum atomic E-state index is 5.59. The van der Waals surface area contributed by atoms with Gasteiger partial charge in [0, 0.05) is 31.9 Å². The number of hydrogen-bond acceptors (Lipinski definition) is 2. The lowest BCUT2D eigenvalue weighted by Gasteiger charge is -2.05. The Kier molecular flexibility index (Phi) is 5.45. The molecule has 0 bridgehead atoms. The zero-order valence-corrected chi connectivity index (χ0v) is 9.43. The van der Waals surface area contributed by atoms with Crippen molar-refractivity contribution in [3.63, 3.8) is 0 Å². The third-order valence-corrected chi connectivity index (χ3v) is 2.43. The first-order valence-corrected chi connectivity index (χ1v) is 5.65. The molecule has 14 heavy (non-hydrogen) atoms. The fraction of sp³-hybridized carbons (Fsp3) is 0.700. The van der Waals surface area contributed by atoms with E-state index in [4.69, 9.17) is 11.6 Å². The molecule has 0 saturated carbocycles. The van der Waals surface area contributed by atoms with Crippen molar-refractivity contribution in [3.8, 4) is 0 Å². The van der Waals surface area contributed by atoms with Crippen LogP contribution >= 0.6 is 11.6 Å². The van der Waals surface area contributed by atoms with Gasteiger partial charge >= 0.3 is 0 Å². The quantitative estimate of drug-likeness (QED) is 0.560. The number of rotatable bonds is 7. The Morgan fingerprint density at radius 1 is 1.36 bits per heavy atom. The number of aryl methyl sites for hydroxylation is 1. The van der Waals surface area contributed by atoms with Crippen molar-refractivity contribution in [3.05, 3.63) is 12.4 Å². The van der Waals surface area contributed by atoms with Gasteiger partial charge in [-0.3, -0.25) is 0 Å². The molecular weight excluding hydrogens is 198 g/mol. The maximum absolute atomic E-state index is 5.59. The van der Waals surface area contributed by atoms with Crippen LogP contribution in [0.25, 0.3) is 0 Å². The number of nitrogens with one attached hydrogen (secondary N) is 1.